The van der Waals surface area contributed by atoms with Gasteiger partial charge in [0.05, 0.1) is 0 Å². The van der Waals surface area contributed by atoms with Gasteiger partial charge in [0.2, 0.25) is 0 Å². The van der Waals surface area contributed by atoms with Crippen LogP contribution < -0.4 is 0 Å². The van der Waals surface area contributed by atoms with Crippen LogP contribution in [0.15, 0.2) is 12.3 Å². The van der Waals surface area contributed by atoms with Crippen molar-refractivity contribution in [2.24, 2.45) is 7.05 Å². The van der Waals surface area contributed by atoms with Crippen molar-refractivity contribution < 1.29 is 0 Å². The summed E-state index contributed by atoms with van der Waals surface area (Å²) in [5.74, 6) is 0. The van der Waals surface area contributed by atoms with Crippen LogP contribution in [-0.4, -0.2) is 4.57 Å². The van der Waals surface area contributed by atoms with Crippen molar-refractivity contribution >= 4 is 0 Å². The van der Waals surface area contributed by atoms with Crippen molar-refractivity contribution in [3.8, 4) is 0 Å². The SMILES string of the molecule is Cn1cc(C(C)(C)C)cc1C(C)(C)C. The maximum atomic E-state index is 2.33. The third-order valence-electron chi connectivity index (χ3n) is 2.64. The lowest BCUT2D eigenvalue weighted by molar-refractivity contribution is 0.543. The third kappa shape index (κ3) is 2.20. The lowest BCUT2D eigenvalue weighted by Gasteiger charge is -2.19. The lowest BCUT2D eigenvalue weighted by Crippen LogP contribution is -2.15. The summed E-state index contributed by atoms with van der Waals surface area (Å²) >= 11 is 0. The Bertz CT molecular complexity index is 318. The molecular weight excluding hydrogens is 170 g/mol. The molecule has 1 aromatic heterocycles. The van der Waals surface area contributed by atoms with E-state index in [1.54, 1.807) is 0 Å². The van der Waals surface area contributed by atoms with Crippen molar-refractivity contribution in [2.45, 2.75) is 52.4 Å². The average molecular weight is 193 g/mol. The van der Waals surface area contributed by atoms with E-state index >= 15 is 0 Å². The van der Waals surface area contributed by atoms with Crippen LogP contribution in [0.5, 0.6) is 0 Å². The molecule has 0 aliphatic carbocycles. The summed E-state index contributed by atoms with van der Waals surface area (Å²) in [5, 5.41) is 0. The number of rotatable bonds is 0. The molecule has 14 heavy (non-hydrogen) atoms. The van der Waals surface area contributed by atoms with E-state index in [9.17, 15) is 0 Å². The minimum absolute atomic E-state index is 0.234. The molecule has 0 N–H and O–H groups in total. The van der Waals surface area contributed by atoms with Crippen molar-refractivity contribution in [2.75, 3.05) is 0 Å². The highest BCUT2D eigenvalue weighted by atomic mass is 14.9. The van der Waals surface area contributed by atoms with Gasteiger partial charge in [-0.15, -0.1) is 0 Å². The molecule has 1 rings (SSSR count). The fraction of sp³-hybridized carbons (Fsp3) is 0.692. The Hall–Kier alpha value is -0.720. The van der Waals surface area contributed by atoms with Crippen LogP contribution >= 0.6 is 0 Å². The second-order valence-corrected chi connectivity index (χ2v) is 6.22. The Morgan fingerprint density at radius 1 is 0.929 bits per heavy atom. The predicted molar refractivity (Wildman–Crippen MR) is 62.8 cm³/mol. The van der Waals surface area contributed by atoms with Gasteiger partial charge in [-0.3, -0.25) is 0 Å². The van der Waals surface area contributed by atoms with E-state index in [1.807, 2.05) is 0 Å². The number of hydrogen-bond donors (Lipinski definition) is 0. The third-order valence-corrected chi connectivity index (χ3v) is 2.64. The van der Waals surface area contributed by atoms with Gasteiger partial charge in [0, 0.05) is 24.4 Å². The zero-order valence-corrected chi connectivity index (χ0v) is 10.6. The Morgan fingerprint density at radius 3 is 1.64 bits per heavy atom. The van der Waals surface area contributed by atoms with E-state index in [0.29, 0.717) is 0 Å². The largest absolute Gasteiger partial charge is 0.354 e. The van der Waals surface area contributed by atoms with E-state index in [4.69, 9.17) is 0 Å². The standard InChI is InChI=1S/C13H23N/c1-12(2,3)10-8-11(13(4,5)6)14(7)9-10/h8-9H,1-7H3. The second kappa shape index (κ2) is 3.15. The van der Waals surface area contributed by atoms with Crippen molar-refractivity contribution in [1.82, 2.24) is 4.57 Å². The zero-order chi connectivity index (χ0) is 11.1. The molecule has 0 saturated heterocycles. The summed E-state index contributed by atoms with van der Waals surface area (Å²) in [6.07, 6.45) is 2.25. The van der Waals surface area contributed by atoms with Crippen molar-refractivity contribution in [3.05, 3.63) is 23.5 Å². The van der Waals surface area contributed by atoms with Crippen LogP contribution in [-0.2, 0) is 17.9 Å². The van der Waals surface area contributed by atoms with E-state index in [-0.39, 0.29) is 10.8 Å². The van der Waals surface area contributed by atoms with Crippen LogP contribution in [0.25, 0.3) is 0 Å². The Morgan fingerprint density at radius 2 is 1.43 bits per heavy atom. The summed E-state index contributed by atoms with van der Waals surface area (Å²) in [6.45, 7) is 13.6. The normalized spacial score (nSPS) is 13.4. The van der Waals surface area contributed by atoms with E-state index in [2.05, 4.69) is 65.4 Å². The fourth-order valence-corrected chi connectivity index (χ4v) is 1.72. The molecule has 0 bridgehead atoms. The Labute approximate surface area is 88.1 Å². The number of aryl methyl sites for hydroxylation is 1. The van der Waals surface area contributed by atoms with Gasteiger partial charge >= 0.3 is 0 Å². The molecule has 0 aliphatic rings. The lowest BCUT2D eigenvalue weighted by atomic mass is 9.86. The first-order valence-corrected chi connectivity index (χ1v) is 5.30. The average Bonchev–Trinajstić information content (AvgIpc) is 2.27. The first-order valence-electron chi connectivity index (χ1n) is 5.30. The summed E-state index contributed by atoms with van der Waals surface area (Å²) in [7, 11) is 2.13. The zero-order valence-electron chi connectivity index (χ0n) is 10.6. The summed E-state index contributed by atoms with van der Waals surface area (Å²) in [6, 6.07) is 2.33. The van der Waals surface area contributed by atoms with E-state index < -0.39 is 0 Å². The molecule has 0 aromatic carbocycles. The molecule has 0 spiro atoms. The van der Waals surface area contributed by atoms with E-state index in [0.717, 1.165) is 0 Å². The molecule has 80 valence electrons. The first-order chi connectivity index (χ1) is 6.12. The van der Waals surface area contributed by atoms with Crippen LogP contribution in [0, 0.1) is 0 Å². The molecule has 0 unspecified atom stereocenters. The molecular formula is C13H23N. The molecule has 0 radical (unpaired) electrons. The van der Waals surface area contributed by atoms with Gasteiger partial charge in [-0.1, -0.05) is 41.5 Å². The Balaban J connectivity index is 3.19. The van der Waals surface area contributed by atoms with Gasteiger partial charge in [0.25, 0.3) is 0 Å². The molecule has 1 heterocycles. The van der Waals surface area contributed by atoms with Crippen LogP contribution in [0.2, 0.25) is 0 Å². The molecule has 0 atom stereocenters. The maximum Gasteiger partial charge on any atom is 0.0228 e. The van der Waals surface area contributed by atoms with Crippen molar-refractivity contribution in [3.63, 3.8) is 0 Å². The number of aromatic nitrogens is 1. The second-order valence-electron chi connectivity index (χ2n) is 6.22. The van der Waals surface area contributed by atoms with Gasteiger partial charge in [0.15, 0.2) is 0 Å². The maximum absolute atomic E-state index is 2.33. The minimum Gasteiger partial charge on any atom is -0.354 e. The topological polar surface area (TPSA) is 4.93 Å². The monoisotopic (exact) mass is 193 g/mol. The molecule has 1 nitrogen and oxygen atoms in total. The first kappa shape index (κ1) is 11.4. The minimum atomic E-state index is 0.234. The number of nitrogens with zero attached hydrogens (tertiary/aromatic N) is 1. The summed E-state index contributed by atoms with van der Waals surface area (Å²) < 4.78 is 2.25. The highest BCUT2D eigenvalue weighted by Gasteiger charge is 2.22. The van der Waals surface area contributed by atoms with Gasteiger partial charge in [-0.05, 0) is 17.0 Å². The highest BCUT2D eigenvalue weighted by molar-refractivity contribution is 5.28. The van der Waals surface area contributed by atoms with Crippen LogP contribution in [0.3, 0.4) is 0 Å². The fourth-order valence-electron chi connectivity index (χ4n) is 1.72. The van der Waals surface area contributed by atoms with Gasteiger partial charge < -0.3 is 4.57 Å². The van der Waals surface area contributed by atoms with Gasteiger partial charge in [-0.2, -0.15) is 0 Å². The smallest absolute Gasteiger partial charge is 0.0228 e. The van der Waals surface area contributed by atoms with Gasteiger partial charge in [0.1, 0.15) is 0 Å². The number of hydrogen-bond acceptors (Lipinski definition) is 0. The molecule has 1 heteroatoms. The van der Waals surface area contributed by atoms with Gasteiger partial charge in [-0.25, -0.2) is 0 Å². The summed E-state index contributed by atoms with van der Waals surface area (Å²) in [4.78, 5) is 0. The Kier molecular flexibility index (Phi) is 2.55. The quantitative estimate of drug-likeness (QED) is 0.593. The molecule has 0 fully saturated rings. The van der Waals surface area contributed by atoms with Crippen LogP contribution in [0.1, 0.15) is 52.8 Å². The molecule has 0 amide bonds. The summed E-state index contributed by atoms with van der Waals surface area (Å²) in [5.41, 5.74) is 3.31. The highest BCUT2D eigenvalue weighted by Crippen LogP contribution is 2.29. The van der Waals surface area contributed by atoms with Crippen LogP contribution in [0.4, 0.5) is 0 Å². The predicted octanol–water partition coefficient (Wildman–Crippen LogP) is 3.62. The molecule has 1 aromatic rings. The molecule has 0 aliphatic heterocycles. The van der Waals surface area contributed by atoms with Crippen molar-refractivity contribution in [1.29, 1.82) is 0 Å². The van der Waals surface area contributed by atoms with E-state index in [1.165, 1.54) is 11.3 Å². The molecule has 0 saturated carbocycles.